The largest absolute Gasteiger partial charge is 0.331 e. The number of piperidine rings is 1. The maximum Gasteiger partial charge on any atom is 0.298 e. The lowest BCUT2D eigenvalue weighted by molar-refractivity contribution is -0.126. The number of hydrogen-bond donors (Lipinski definition) is 0. The Labute approximate surface area is 129 Å². The van der Waals surface area contributed by atoms with Gasteiger partial charge < -0.3 is 4.90 Å². The van der Waals surface area contributed by atoms with Gasteiger partial charge in [-0.3, -0.25) is 4.79 Å². The lowest BCUT2D eigenvalue weighted by Gasteiger charge is -2.31. The van der Waals surface area contributed by atoms with Gasteiger partial charge in [-0.15, -0.1) is 0 Å². The molecule has 2 heterocycles. The smallest absolute Gasteiger partial charge is 0.298 e. The van der Waals surface area contributed by atoms with Crippen molar-refractivity contribution in [3.63, 3.8) is 0 Å². The molecule has 1 aromatic rings. The van der Waals surface area contributed by atoms with Crippen LogP contribution in [0.1, 0.15) is 37.8 Å². The molecular weight excluding hydrogens is 295 g/mol. The summed E-state index contributed by atoms with van der Waals surface area (Å²) >= 11 is 11.8. The standard InChI is InChI=1S/C15H16Cl2N2O/c1-2-3-6-14(20)19-9-4-5-11(10-19)13-8-7-12(16)15(17)18-13/h7-8,11H,2,4-5,9-10H2,1H3. The minimum atomic E-state index is -0.100. The van der Waals surface area contributed by atoms with Crippen LogP contribution in [0.25, 0.3) is 0 Å². The number of halogens is 2. The summed E-state index contributed by atoms with van der Waals surface area (Å²) in [5, 5.41) is 0.770. The molecule has 1 amide bonds. The summed E-state index contributed by atoms with van der Waals surface area (Å²) < 4.78 is 0. The maximum absolute atomic E-state index is 11.9. The van der Waals surface area contributed by atoms with Crippen molar-refractivity contribution in [3.05, 3.63) is 28.0 Å². The fourth-order valence-corrected chi connectivity index (χ4v) is 2.57. The van der Waals surface area contributed by atoms with Crippen molar-refractivity contribution in [3.8, 4) is 11.8 Å². The van der Waals surface area contributed by atoms with E-state index in [-0.39, 0.29) is 11.8 Å². The van der Waals surface area contributed by atoms with Crippen molar-refractivity contribution in [1.29, 1.82) is 0 Å². The van der Waals surface area contributed by atoms with Gasteiger partial charge in [-0.2, -0.15) is 0 Å². The number of hydrogen-bond acceptors (Lipinski definition) is 2. The van der Waals surface area contributed by atoms with Crippen molar-refractivity contribution in [1.82, 2.24) is 9.88 Å². The van der Waals surface area contributed by atoms with Crippen LogP contribution in [0.15, 0.2) is 12.1 Å². The molecule has 1 fully saturated rings. The Morgan fingerprint density at radius 3 is 3.00 bits per heavy atom. The van der Waals surface area contributed by atoms with E-state index in [1.54, 1.807) is 11.0 Å². The predicted octanol–water partition coefficient (Wildman–Crippen LogP) is 3.51. The summed E-state index contributed by atoms with van der Waals surface area (Å²) in [6.45, 7) is 3.33. The van der Waals surface area contributed by atoms with Gasteiger partial charge in [0.25, 0.3) is 5.91 Å². The Balaban J connectivity index is 2.10. The topological polar surface area (TPSA) is 33.2 Å². The molecule has 2 rings (SSSR count). The summed E-state index contributed by atoms with van der Waals surface area (Å²) in [5.41, 5.74) is 0.889. The Kier molecular flexibility index (Phi) is 5.28. The normalized spacial score (nSPS) is 18.4. The minimum absolute atomic E-state index is 0.100. The van der Waals surface area contributed by atoms with Crippen molar-refractivity contribution in [2.45, 2.75) is 32.1 Å². The average Bonchev–Trinajstić information content (AvgIpc) is 2.47. The zero-order chi connectivity index (χ0) is 14.5. The molecule has 0 bridgehead atoms. The quantitative estimate of drug-likeness (QED) is 0.587. The first-order valence-corrected chi connectivity index (χ1v) is 7.47. The molecule has 0 N–H and O–H groups in total. The summed E-state index contributed by atoms with van der Waals surface area (Å²) in [6.07, 6.45) is 2.64. The molecule has 1 aromatic heterocycles. The zero-order valence-electron chi connectivity index (χ0n) is 11.3. The first-order chi connectivity index (χ1) is 9.61. The van der Waals surface area contributed by atoms with E-state index in [0.29, 0.717) is 23.1 Å². The van der Waals surface area contributed by atoms with E-state index in [2.05, 4.69) is 16.8 Å². The SMILES string of the molecule is CCC#CC(=O)N1CCCC(c2ccc(Cl)c(Cl)n2)C1. The second-order valence-corrected chi connectivity index (χ2v) is 5.52. The molecule has 0 aliphatic carbocycles. The van der Waals surface area contributed by atoms with Gasteiger partial charge in [0.2, 0.25) is 0 Å². The lowest BCUT2D eigenvalue weighted by Crippen LogP contribution is -2.38. The van der Waals surface area contributed by atoms with Crippen LogP contribution >= 0.6 is 23.2 Å². The summed E-state index contributed by atoms with van der Waals surface area (Å²) in [4.78, 5) is 18.0. The molecule has 1 aliphatic heterocycles. The third-order valence-electron chi connectivity index (χ3n) is 3.32. The highest BCUT2D eigenvalue weighted by atomic mass is 35.5. The summed E-state index contributed by atoms with van der Waals surface area (Å²) in [6, 6.07) is 3.63. The fraction of sp³-hybridized carbons (Fsp3) is 0.467. The molecule has 0 saturated carbocycles. The summed E-state index contributed by atoms with van der Waals surface area (Å²) in [7, 11) is 0. The van der Waals surface area contributed by atoms with Crippen LogP contribution in [0.3, 0.4) is 0 Å². The molecule has 0 aromatic carbocycles. The van der Waals surface area contributed by atoms with Crippen LogP contribution in [0, 0.1) is 11.8 Å². The number of carbonyl (C=O) groups is 1. The van der Waals surface area contributed by atoms with E-state index in [0.717, 1.165) is 25.1 Å². The third-order valence-corrected chi connectivity index (χ3v) is 4.01. The number of pyridine rings is 1. The third kappa shape index (κ3) is 3.65. The van der Waals surface area contributed by atoms with Gasteiger partial charge >= 0.3 is 0 Å². The van der Waals surface area contributed by atoms with Crippen molar-refractivity contribution in [2.75, 3.05) is 13.1 Å². The van der Waals surface area contributed by atoms with Crippen LogP contribution in [0.5, 0.6) is 0 Å². The molecule has 1 unspecified atom stereocenters. The van der Waals surface area contributed by atoms with E-state index >= 15 is 0 Å². The monoisotopic (exact) mass is 310 g/mol. The van der Waals surface area contributed by atoms with E-state index in [1.165, 1.54) is 0 Å². The predicted molar refractivity (Wildman–Crippen MR) is 80.9 cm³/mol. The van der Waals surface area contributed by atoms with Crippen molar-refractivity contribution >= 4 is 29.1 Å². The molecule has 0 spiro atoms. The highest BCUT2D eigenvalue weighted by molar-refractivity contribution is 6.41. The van der Waals surface area contributed by atoms with Crippen LogP contribution in [0.2, 0.25) is 10.2 Å². The van der Waals surface area contributed by atoms with E-state index < -0.39 is 0 Å². The van der Waals surface area contributed by atoms with Gasteiger partial charge in [0.15, 0.2) is 0 Å². The first kappa shape index (κ1) is 15.2. The van der Waals surface area contributed by atoms with E-state index in [1.807, 2.05) is 13.0 Å². The number of nitrogens with zero attached hydrogens (tertiary/aromatic N) is 2. The number of aromatic nitrogens is 1. The van der Waals surface area contributed by atoms with Crippen molar-refractivity contribution < 1.29 is 4.79 Å². The van der Waals surface area contributed by atoms with Crippen LogP contribution in [0.4, 0.5) is 0 Å². The van der Waals surface area contributed by atoms with Gasteiger partial charge in [0.1, 0.15) is 5.15 Å². The van der Waals surface area contributed by atoms with Gasteiger partial charge in [-0.05, 0) is 30.9 Å². The van der Waals surface area contributed by atoms with Crippen LogP contribution < -0.4 is 0 Å². The fourth-order valence-electron chi connectivity index (χ4n) is 2.30. The Morgan fingerprint density at radius 1 is 1.50 bits per heavy atom. The van der Waals surface area contributed by atoms with E-state index in [4.69, 9.17) is 23.2 Å². The zero-order valence-corrected chi connectivity index (χ0v) is 12.8. The Morgan fingerprint density at radius 2 is 2.30 bits per heavy atom. The highest BCUT2D eigenvalue weighted by Crippen LogP contribution is 2.28. The molecule has 1 atom stereocenters. The Hall–Kier alpha value is -1.24. The Bertz CT molecular complexity index is 563. The number of carbonyl (C=O) groups excluding carboxylic acids is 1. The molecule has 1 aliphatic rings. The molecule has 1 saturated heterocycles. The second-order valence-electron chi connectivity index (χ2n) is 4.75. The van der Waals surface area contributed by atoms with Gasteiger partial charge in [-0.1, -0.05) is 36.0 Å². The first-order valence-electron chi connectivity index (χ1n) is 6.71. The van der Waals surface area contributed by atoms with Crippen LogP contribution in [-0.4, -0.2) is 28.9 Å². The van der Waals surface area contributed by atoms with Crippen LogP contribution in [-0.2, 0) is 4.79 Å². The molecule has 5 heteroatoms. The number of amides is 1. The molecule has 20 heavy (non-hydrogen) atoms. The van der Waals surface area contributed by atoms with Gasteiger partial charge in [0.05, 0.1) is 5.02 Å². The van der Waals surface area contributed by atoms with E-state index in [9.17, 15) is 4.79 Å². The number of likely N-dealkylation sites (tertiary alicyclic amines) is 1. The lowest BCUT2D eigenvalue weighted by atomic mass is 9.94. The highest BCUT2D eigenvalue weighted by Gasteiger charge is 2.25. The summed E-state index contributed by atoms with van der Waals surface area (Å²) in [5.74, 6) is 5.58. The van der Waals surface area contributed by atoms with Gasteiger partial charge in [0, 0.05) is 31.1 Å². The van der Waals surface area contributed by atoms with Gasteiger partial charge in [-0.25, -0.2) is 4.98 Å². The second kappa shape index (κ2) is 6.97. The number of rotatable bonds is 1. The molecule has 106 valence electrons. The van der Waals surface area contributed by atoms with Crippen molar-refractivity contribution in [2.24, 2.45) is 0 Å². The minimum Gasteiger partial charge on any atom is -0.331 e. The molecule has 0 radical (unpaired) electrons. The maximum atomic E-state index is 11.9. The average molecular weight is 311 g/mol. The molecular formula is C15H16Cl2N2O. The molecule has 3 nitrogen and oxygen atoms in total.